The molecule has 0 bridgehead atoms. The molecule has 1 aromatic heterocycles. The number of aromatic nitrogens is 1. The highest BCUT2D eigenvalue weighted by molar-refractivity contribution is 5.76. The van der Waals surface area contributed by atoms with Crippen LogP contribution in [0.5, 0.6) is 0 Å². The highest BCUT2D eigenvalue weighted by Crippen LogP contribution is 2.22. The van der Waals surface area contributed by atoms with Gasteiger partial charge in [0.2, 0.25) is 5.91 Å². The zero-order valence-corrected chi connectivity index (χ0v) is 13.7. The van der Waals surface area contributed by atoms with E-state index >= 15 is 0 Å². The standard InChI is InChI=1S/C18H27N3O2/c22-18(20-17-5-11-23-12-6-17)13-15-3-9-21(10-4-15)14-16-1-7-19-8-2-16/h1-2,7-8,15,17H,3-6,9-14H2,(H,20,22). The first-order valence-corrected chi connectivity index (χ1v) is 8.78. The van der Waals surface area contributed by atoms with Crippen LogP contribution in [0.4, 0.5) is 0 Å². The average molecular weight is 317 g/mol. The molecule has 1 amide bonds. The van der Waals surface area contributed by atoms with Crippen molar-refractivity contribution >= 4 is 5.91 Å². The van der Waals surface area contributed by atoms with Crippen molar-refractivity contribution in [2.24, 2.45) is 5.92 Å². The Morgan fingerprint density at radius 3 is 2.57 bits per heavy atom. The van der Waals surface area contributed by atoms with Crippen LogP contribution in [0.2, 0.25) is 0 Å². The van der Waals surface area contributed by atoms with Crippen molar-refractivity contribution in [3.8, 4) is 0 Å². The fourth-order valence-corrected chi connectivity index (χ4v) is 3.49. The first-order valence-electron chi connectivity index (χ1n) is 8.78. The molecule has 0 unspecified atom stereocenters. The number of carbonyl (C=O) groups is 1. The van der Waals surface area contributed by atoms with Crippen LogP contribution < -0.4 is 5.32 Å². The zero-order chi connectivity index (χ0) is 15.9. The lowest BCUT2D eigenvalue weighted by molar-refractivity contribution is -0.123. The number of pyridine rings is 1. The van der Waals surface area contributed by atoms with Crippen LogP contribution >= 0.6 is 0 Å². The average Bonchev–Trinajstić information content (AvgIpc) is 2.58. The number of piperidine rings is 1. The molecule has 5 nitrogen and oxygen atoms in total. The molecule has 23 heavy (non-hydrogen) atoms. The molecule has 1 aromatic rings. The Kier molecular flexibility index (Phi) is 6.00. The highest BCUT2D eigenvalue weighted by atomic mass is 16.5. The number of carbonyl (C=O) groups excluding carboxylic acids is 1. The van der Waals surface area contributed by atoms with Crippen molar-refractivity contribution in [3.63, 3.8) is 0 Å². The number of amides is 1. The molecule has 0 aliphatic carbocycles. The molecule has 2 fully saturated rings. The number of hydrogen-bond acceptors (Lipinski definition) is 4. The summed E-state index contributed by atoms with van der Waals surface area (Å²) in [4.78, 5) is 18.7. The van der Waals surface area contributed by atoms with E-state index in [4.69, 9.17) is 4.74 Å². The molecule has 2 aliphatic rings. The normalized spacial score (nSPS) is 21.2. The lowest BCUT2D eigenvalue weighted by atomic mass is 9.92. The number of nitrogens with zero attached hydrogens (tertiary/aromatic N) is 2. The van der Waals surface area contributed by atoms with E-state index in [1.165, 1.54) is 5.56 Å². The predicted octanol–water partition coefficient (Wildman–Crippen LogP) is 1.98. The fourth-order valence-electron chi connectivity index (χ4n) is 3.49. The van der Waals surface area contributed by atoms with Gasteiger partial charge in [0.05, 0.1) is 0 Å². The number of likely N-dealkylation sites (tertiary alicyclic amines) is 1. The summed E-state index contributed by atoms with van der Waals surface area (Å²) in [5.41, 5.74) is 1.32. The van der Waals surface area contributed by atoms with Crippen molar-refractivity contribution in [2.75, 3.05) is 26.3 Å². The van der Waals surface area contributed by atoms with Gasteiger partial charge in [0, 0.05) is 44.6 Å². The lowest BCUT2D eigenvalue weighted by Crippen LogP contribution is -2.41. The van der Waals surface area contributed by atoms with Crippen LogP contribution in [-0.4, -0.2) is 48.1 Å². The van der Waals surface area contributed by atoms with Gasteiger partial charge in [-0.3, -0.25) is 14.7 Å². The first-order chi connectivity index (χ1) is 11.3. The number of rotatable bonds is 5. The lowest BCUT2D eigenvalue weighted by Gasteiger charge is -2.32. The Balaban J connectivity index is 1.36. The second-order valence-electron chi connectivity index (χ2n) is 6.73. The smallest absolute Gasteiger partial charge is 0.220 e. The van der Waals surface area contributed by atoms with Gasteiger partial charge in [-0.2, -0.15) is 0 Å². The largest absolute Gasteiger partial charge is 0.381 e. The summed E-state index contributed by atoms with van der Waals surface area (Å²) in [6, 6.07) is 4.48. The van der Waals surface area contributed by atoms with Crippen molar-refractivity contribution in [2.45, 2.75) is 44.7 Å². The first kappa shape index (κ1) is 16.4. The molecular formula is C18H27N3O2. The maximum absolute atomic E-state index is 12.2. The molecule has 0 spiro atoms. The zero-order valence-electron chi connectivity index (χ0n) is 13.7. The van der Waals surface area contributed by atoms with Gasteiger partial charge in [-0.15, -0.1) is 0 Å². The van der Waals surface area contributed by atoms with Crippen molar-refractivity contribution in [3.05, 3.63) is 30.1 Å². The van der Waals surface area contributed by atoms with Gasteiger partial charge in [-0.1, -0.05) is 0 Å². The summed E-state index contributed by atoms with van der Waals surface area (Å²) in [6.45, 7) is 4.70. The molecule has 1 N–H and O–H groups in total. The summed E-state index contributed by atoms with van der Waals surface area (Å²) < 4.78 is 5.33. The van der Waals surface area contributed by atoms with Crippen molar-refractivity contribution in [1.82, 2.24) is 15.2 Å². The van der Waals surface area contributed by atoms with Crippen LogP contribution in [0.15, 0.2) is 24.5 Å². The van der Waals surface area contributed by atoms with Crippen molar-refractivity contribution < 1.29 is 9.53 Å². The third-order valence-electron chi connectivity index (χ3n) is 4.92. The Bertz CT molecular complexity index is 480. The summed E-state index contributed by atoms with van der Waals surface area (Å²) in [6.07, 6.45) is 8.52. The number of ether oxygens (including phenoxy) is 1. The van der Waals surface area contributed by atoms with Gasteiger partial charge in [-0.05, 0) is 62.4 Å². The van der Waals surface area contributed by atoms with E-state index in [1.807, 2.05) is 12.4 Å². The van der Waals surface area contributed by atoms with Gasteiger partial charge in [-0.25, -0.2) is 0 Å². The summed E-state index contributed by atoms with van der Waals surface area (Å²) >= 11 is 0. The molecule has 0 aromatic carbocycles. The van der Waals surface area contributed by atoms with Crippen LogP contribution in [0.25, 0.3) is 0 Å². The van der Waals surface area contributed by atoms with E-state index in [9.17, 15) is 4.79 Å². The molecule has 2 aliphatic heterocycles. The van der Waals surface area contributed by atoms with Gasteiger partial charge in [0.25, 0.3) is 0 Å². The Hall–Kier alpha value is -1.46. The molecule has 0 atom stereocenters. The van der Waals surface area contributed by atoms with E-state index in [2.05, 4.69) is 27.3 Å². The van der Waals surface area contributed by atoms with Crippen molar-refractivity contribution in [1.29, 1.82) is 0 Å². The minimum absolute atomic E-state index is 0.226. The summed E-state index contributed by atoms with van der Waals surface area (Å²) in [5, 5.41) is 3.18. The van der Waals surface area contributed by atoms with E-state index in [-0.39, 0.29) is 5.91 Å². The Morgan fingerprint density at radius 2 is 1.87 bits per heavy atom. The molecule has 126 valence electrons. The molecule has 5 heteroatoms. The van der Waals surface area contributed by atoms with Crippen LogP contribution in [0, 0.1) is 5.92 Å². The van der Waals surface area contributed by atoms with E-state index in [0.717, 1.165) is 58.5 Å². The van der Waals surface area contributed by atoms with E-state index in [0.29, 0.717) is 18.4 Å². The minimum atomic E-state index is 0.226. The fraction of sp³-hybridized carbons (Fsp3) is 0.667. The molecule has 0 radical (unpaired) electrons. The van der Waals surface area contributed by atoms with Crippen LogP contribution in [0.1, 0.15) is 37.7 Å². The van der Waals surface area contributed by atoms with Crippen LogP contribution in [-0.2, 0) is 16.1 Å². The van der Waals surface area contributed by atoms with E-state index < -0.39 is 0 Å². The van der Waals surface area contributed by atoms with Gasteiger partial charge < -0.3 is 10.1 Å². The van der Waals surface area contributed by atoms with E-state index in [1.54, 1.807) is 0 Å². The molecule has 3 rings (SSSR count). The summed E-state index contributed by atoms with van der Waals surface area (Å²) in [5.74, 6) is 0.757. The van der Waals surface area contributed by atoms with Gasteiger partial charge in [0.1, 0.15) is 0 Å². The van der Waals surface area contributed by atoms with Crippen LogP contribution in [0.3, 0.4) is 0 Å². The van der Waals surface area contributed by atoms with Gasteiger partial charge >= 0.3 is 0 Å². The Labute approximate surface area is 138 Å². The quantitative estimate of drug-likeness (QED) is 0.902. The second-order valence-corrected chi connectivity index (χ2v) is 6.73. The summed E-state index contributed by atoms with van der Waals surface area (Å²) in [7, 11) is 0. The number of hydrogen-bond donors (Lipinski definition) is 1. The minimum Gasteiger partial charge on any atom is -0.381 e. The third kappa shape index (κ3) is 5.29. The molecule has 0 saturated carbocycles. The third-order valence-corrected chi connectivity index (χ3v) is 4.92. The van der Waals surface area contributed by atoms with Gasteiger partial charge in [0.15, 0.2) is 0 Å². The topological polar surface area (TPSA) is 54.5 Å². The second kappa shape index (κ2) is 8.41. The SMILES string of the molecule is O=C(CC1CCN(Cc2ccncc2)CC1)NC1CCOCC1. The molecular weight excluding hydrogens is 290 g/mol. The monoisotopic (exact) mass is 317 g/mol. The maximum Gasteiger partial charge on any atom is 0.220 e. The number of nitrogens with one attached hydrogen (secondary N) is 1. The highest BCUT2D eigenvalue weighted by Gasteiger charge is 2.23. The maximum atomic E-state index is 12.2. The molecule has 2 saturated heterocycles. The molecule has 3 heterocycles. The predicted molar refractivity (Wildman–Crippen MR) is 88.8 cm³/mol. The Morgan fingerprint density at radius 1 is 1.17 bits per heavy atom.